The third-order valence-electron chi connectivity index (χ3n) is 6.26. The van der Waals surface area contributed by atoms with Gasteiger partial charge < -0.3 is 9.64 Å². The molecule has 0 aromatic heterocycles. The fourth-order valence-corrected chi connectivity index (χ4v) is 5.44. The lowest BCUT2D eigenvalue weighted by molar-refractivity contribution is -0.127. The Morgan fingerprint density at radius 1 is 1.00 bits per heavy atom. The van der Waals surface area contributed by atoms with Gasteiger partial charge in [-0.25, -0.2) is 8.42 Å². The minimum absolute atomic E-state index is 0.0801. The first-order valence-electron chi connectivity index (χ1n) is 11.4. The van der Waals surface area contributed by atoms with Crippen LogP contribution >= 0.6 is 0 Å². The first-order valence-corrected chi connectivity index (χ1v) is 13.1. The van der Waals surface area contributed by atoms with E-state index in [1.165, 1.54) is 0 Å². The van der Waals surface area contributed by atoms with Crippen LogP contribution in [-0.2, 0) is 21.1 Å². The number of hydrogen-bond acceptors (Lipinski definition) is 4. The van der Waals surface area contributed by atoms with Crippen molar-refractivity contribution >= 4 is 21.4 Å². The number of sulfone groups is 1. The van der Waals surface area contributed by atoms with Gasteiger partial charge in [-0.05, 0) is 94.8 Å². The van der Waals surface area contributed by atoms with Gasteiger partial charge in [0.05, 0.1) is 21.8 Å². The molecule has 0 aliphatic carbocycles. The molecule has 0 unspecified atom stereocenters. The number of amides is 1. The van der Waals surface area contributed by atoms with Gasteiger partial charge in [0.1, 0.15) is 12.4 Å². The molecule has 0 saturated heterocycles. The highest BCUT2D eigenvalue weighted by Crippen LogP contribution is 2.37. The summed E-state index contributed by atoms with van der Waals surface area (Å²) in [6, 6.07) is 11.4. The van der Waals surface area contributed by atoms with E-state index in [-0.39, 0.29) is 11.7 Å². The van der Waals surface area contributed by atoms with E-state index in [2.05, 4.69) is 0 Å². The monoisotopic (exact) mass is 457 g/mol. The second-order valence-electron chi connectivity index (χ2n) is 9.40. The van der Waals surface area contributed by atoms with E-state index in [4.69, 9.17) is 4.74 Å². The lowest BCUT2D eigenvalue weighted by Crippen LogP contribution is -2.42. The molecule has 2 aromatic rings. The molecule has 1 aliphatic heterocycles. The van der Waals surface area contributed by atoms with Crippen molar-refractivity contribution in [2.24, 2.45) is 5.41 Å². The molecule has 1 amide bonds. The molecule has 0 saturated carbocycles. The molecular formula is C26H35NO4S. The first kappa shape index (κ1) is 24.3. The Kier molecular flexibility index (Phi) is 7.33. The van der Waals surface area contributed by atoms with Crippen molar-refractivity contribution in [2.45, 2.75) is 65.2 Å². The highest BCUT2D eigenvalue weighted by molar-refractivity contribution is 7.91. The summed E-state index contributed by atoms with van der Waals surface area (Å²) in [6.45, 7) is 10.7. The molecule has 0 fully saturated rings. The fraction of sp³-hybridized carbons (Fsp3) is 0.500. The molecule has 3 rings (SSSR count). The van der Waals surface area contributed by atoms with Gasteiger partial charge in [-0.15, -0.1) is 0 Å². The number of ether oxygens (including phenoxy) is 1. The zero-order valence-electron chi connectivity index (χ0n) is 19.9. The van der Waals surface area contributed by atoms with Crippen LogP contribution in [0.25, 0.3) is 0 Å². The third kappa shape index (κ3) is 5.34. The molecule has 0 bridgehead atoms. The average molecular weight is 458 g/mol. The van der Waals surface area contributed by atoms with Gasteiger partial charge in [0.2, 0.25) is 5.91 Å². The molecule has 0 atom stereocenters. The predicted molar refractivity (Wildman–Crippen MR) is 129 cm³/mol. The molecule has 32 heavy (non-hydrogen) atoms. The summed E-state index contributed by atoms with van der Waals surface area (Å²) >= 11 is 0. The number of carbonyl (C=O) groups is 1. The quantitative estimate of drug-likeness (QED) is 0.507. The predicted octanol–water partition coefficient (Wildman–Crippen LogP) is 5.26. The van der Waals surface area contributed by atoms with Crippen molar-refractivity contribution in [3.8, 4) is 5.75 Å². The van der Waals surface area contributed by atoms with Crippen molar-refractivity contribution in [3.63, 3.8) is 0 Å². The van der Waals surface area contributed by atoms with Crippen LogP contribution in [0.3, 0.4) is 0 Å². The van der Waals surface area contributed by atoms with E-state index in [0.29, 0.717) is 24.5 Å². The van der Waals surface area contributed by atoms with Gasteiger partial charge in [0.25, 0.3) is 0 Å². The molecule has 0 spiro atoms. The van der Waals surface area contributed by atoms with Crippen LogP contribution in [0.4, 0.5) is 5.69 Å². The van der Waals surface area contributed by atoms with Crippen LogP contribution in [0.2, 0.25) is 0 Å². The number of unbranched alkanes of at least 4 members (excludes halogenated alkanes) is 2. The Labute approximate surface area is 192 Å². The molecule has 1 heterocycles. The number of nitrogens with zero attached hydrogens (tertiary/aromatic N) is 1. The van der Waals surface area contributed by atoms with Crippen molar-refractivity contribution in [1.29, 1.82) is 0 Å². The maximum atomic E-state index is 12.8. The highest BCUT2D eigenvalue weighted by atomic mass is 32.2. The lowest BCUT2D eigenvalue weighted by Gasteiger charge is -2.26. The number of anilines is 1. The minimum Gasteiger partial charge on any atom is -0.490 e. The maximum Gasteiger partial charge on any atom is 0.236 e. The number of aryl methyl sites for hydroxylation is 3. The summed E-state index contributed by atoms with van der Waals surface area (Å²) in [6.07, 6.45) is 3.24. The first-order chi connectivity index (χ1) is 15.0. The van der Waals surface area contributed by atoms with E-state index in [1.54, 1.807) is 17.0 Å². The zero-order valence-corrected chi connectivity index (χ0v) is 20.7. The van der Waals surface area contributed by atoms with E-state index in [0.717, 1.165) is 47.4 Å². The van der Waals surface area contributed by atoms with E-state index in [1.807, 2.05) is 58.9 Å². The topological polar surface area (TPSA) is 63.7 Å². The Morgan fingerprint density at radius 2 is 1.75 bits per heavy atom. The van der Waals surface area contributed by atoms with Crippen molar-refractivity contribution in [1.82, 2.24) is 0 Å². The number of benzene rings is 2. The summed E-state index contributed by atoms with van der Waals surface area (Å²) in [4.78, 5) is 15.0. The van der Waals surface area contributed by atoms with Gasteiger partial charge in [-0.3, -0.25) is 4.79 Å². The van der Waals surface area contributed by atoms with Crippen LogP contribution in [-0.4, -0.2) is 33.2 Å². The van der Waals surface area contributed by atoms with E-state index < -0.39 is 15.3 Å². The summed E-state index contributed by atoms with van der Waals surface area (Å²) in [5, 5.41) is 0. The zero-order chi connectivity index (χ0) is 23.5. The van der Waals surface area contributed by atoms with Crippen LogP contribution in [0.1, 0.15) is 56.7 Å². The maximum absolute atomic E-state index is 12.8. The Balaban J connectivity index is 1.57. The minimum atomic E-state index is -3.24. The van der Waals surface area contributed by atoms with Crippen LogP contribution in [0.5, 0.6) is 5.75 Å². The number of fused-ring (bicyclic) bond motifs is 1. The summed E-state index contributed by atoms with van der Waals surface area (Å²) in [5.41, 5.74) is 3.51. The Hall–Kier alpha value is -2.34. The number of hydrogen-bond donors (Lipinski definition) is 0. The van der Waals surface area contributed by atoms with Gasteiger partial charge in [0, 0.05) is 6.54 Å². The van der Waals surface area contributed by atoms with Gasteiger partial charge in [0.15, 0.2) is 9.84 Å². The molecular weight excluding hydrogens is 422 g/mol. The Bertz CT molecular complexity index is 1090. The van der Waals surface area contributed by atoms with Gasteiger partial charge in [-0.1, -0.05) is 18.6 Å². The number of rotatable bonds is 8. The number of carbonyl (C=O) groups excluding carboxylic acids is 1. The fourth-order valence-electron chi connectivity index (χ4n) is 3.98. The molecule has 0 radical (unpaired) electrons. The van der Waals surface area contributed by atoms with Gasteiger partial charge >= 0.3 is 0 Å². The van der Waals surface area contributed by atoms with Gasteiger partial charge in [-0.2, -0.15) is 0 Å². The molecule has 1 aliphatic rings. The summed E-state index contributed by atoms with van der Waals surface area (Å²) in [7, 11) is -3.24. The van der Waals surface area contributed by atoms with E-state index in [9.17, 15) is 13.2 Å². The average Bonchev–Trinajstić information content (AvgIpc) is 2.84. The van der Waals surface area contributed by atoms with Crippen molar-refractivity contribution in [2.75, 3.05) is 23.8 Å². The van der Waals surface area contributed by atoms with E-state index >= 15 is 0 Å². The smallest absolute Gasteiger partial charge is 0.236 e. The van der Waals surface area contributed by atoms with Crippen molar-refractivity contribution < 1.29 is 17.9 Å². The standard InChI is InChI=1S/C26H35NO4S/c1-6-27-23-14-12-21(17-24(23)31-18-26(4,5)25(27)28)10-8-7-9-15-32(29,30)22-13-11-19(2)20(3)16-22/h11-14,16-17H,6-10,15,18H2,1-5H3. The molecule has 6 heteroatoms. The van der Waals surface area contributed by atoms with Crippen molar-refractivity contribution in [3.05, 3.63) is 53.1 Å². The molecule has 174 valence electrons. The normalized spacial score (nSPS) is 15.8. The summed E-state index contributed by atoms with van der Waals surface area (Å²) in [5.74, 6) is 1.00. The second kappa shape index (κ2) is 9.65. The Morgan fingerprint density at radius 3 is 2.44 bits per heavy atom. The SMILES string of the molecule is CCN1C(=O)C(C)(C)COc2cc(CCCCCS(=O)(=O)c3ccc(C)c(C)c3)ccc21. The van der Waals surface area contributed by atoms with Crippen LogP contribution < -0.4 is 9.64 Å². The third-order valence-corrected chi connectivity index (χ3v) is 8.06. The second-order valence-corrected chi connectivity index (χ2v) is 11.5. The highest BCUT2D eigenvalue weighted by Gasteiger charge is 2.37. The lowest BCUT2D eigenvalue weighted by atomic mass is 9.93. The molecule has 0 N–H and O–H groups in total. The van der Waals surface area contributed by atoms with Crippen LogP contribution in [0.15, 0.2) is 41.3 Å². The van der Waals surface area contributed by atoms with Crippen LogP contribution in [0, 0.1) is 19.3 Å². The summed E-state index contributed by atoms with van der Waals surface area (Å²) < 4.78 is 31.2. The molecule has 2 aromatic carbocycles. The largest absolute Gasteiger partial charge is 0.490 e. The molecule has 5 nitrogen and oxygen atoms in total.